The van der Waals surface area contributed by atoms with Gasteiger partial charge in [0.15, 0.2) is 0 Å². The zero-order chi connectivity index (χ0) is 4.41. The average Bonchev–Trinajstić information content (AvgIpc) is 1.86. The summed E-state index contributed by atoms with van der Waals surface area (Å²) in [6.07, 6.45) is 4.54. The van der Waals surface area contributed by atoms with Gasteiger partial charge in [0, 0.05) is 40.8 Å². The molecule has 0 fully saturated rings. The van der Waals surface area contributed by atoms with Crippen molar-refractivity contribution in [3.05, 3.63) is 12.5 Å². The van der Waals surface area contributed by atoms with E-state index in [4.69, 9.17) is 5.73 Å². The molecule has 0 aliphatic rings. The van der Waals surface area contributed by atoms with Gasteiger partial charge in [0.2, 0.25) is 0 Å². The monoisotopic (exact) mass is 456 g/mol. The molecule has 8 heavy (non-hydrogen) atoms. The first-order valence-corrected chi connectivity index (χ1v) is 1.40. The van der Waals surface area contributed by atoms with E-state index in [1.54, 1.807) is 0 Å². The van der Waals surface area contributed by atoms with E-state index in [-0.39, 0.29) is 40.8 Å². The van der Waals surface area contributed by atoms with Crippen LogP contribution in [0.15, 0.2) is 4.52 Å². The normalized spacial score (nSPS) is 6.50. The maximum atomic E-state index is 5.01. The van der Waals surface area contributed by atoms with Crippen molar-refractivity contribution in [2.45, 2.75) is 0 Å². The summed E-state index contributed by atoms with van der Waals surface area (Å²) in [6, 6.07) is 0. The van der Waals surface area contributed by atoms with Gasteiger partial charge in [-0.25, -0.2) is 0 Å². The van der Waals surface area contributed by atoms with E-state index in [9.17, 15) is 0 Å². The molecule has 46 valence electrons. The van der Waals surface area contributed by atoms with Crippen molar-refractivity contribution in [2.24, 2.45) is 0 Å². The largest absolute Gasteiger partial charge is 0.597 e. The third kappa shape index (κ3) is 3.35. The van der Waals surface area contributed by atoms with Crippen LogP contribution in [0.2, 0.25) is 0 Å². The van der Waals surface area contributed by atoms with Gasteiger partial charge in [0.25, 0.3) is 0 Å². The first-order chi connectivity index (χ1) is 2.89. The fourth-order valence-corrected chi connectivity index (χ4v) is 0.167. The van der Waals surface area contributed by atoms with Gasteiger partial charge in [-0.1, -0.05) is 0 Å². The molecule has 3 nitrogen and oxygen atoms in total. The Hall–Kier alpha value is 0.335. The first-order valence-electron chi connectivity index (χ1n) is 1.40. The van der Waals surface area contributed by atoms with Crippen molar-refractivity contribution in [2.75, 3.05) is 5.73 Å². The number of aromatic nitrogens is 1. The number of anilines is 1. The average molecular weight is 454 g/mol. The second-order valence-corrected chi connectivity index (χ2v) is 0.810. The molecule has 0 spiro atoms. The number of nitrogen functional groups attached to an aromatic ring is 1. The molecule has 2 N–H and O–H groups in total. The number of rotatable bonds is 0. The van der Waals surface area contributed by atoms with E-state index in [1.807, 2.05) is 0 Å². The summed E-state index contributed by atoms with van der Waals surface area (Å²) in [5.41, 5.74) is 5.33. The molecule has 1 rings (SSSR count). The first kappa shape index (κ1) is 11.2. The predicted octanol–water partition coefficient (Wildman–Crippen LogP) is -0.148. The SMILES string of the molecule is Nc1[c-]no[c-]1.[Re].[Re]. The third-order valence-electron chi connectivity index (χ3n) is 0.367. The van der Waals surface area contributed by atoms with E-state index in [2.05, 4.69) is 22.1 Å². The van der Waals surface area contributed by atoms with Crippen molar-refractivity contribution < 1.29 is 45.4 Å². The van der Waals surface area contributed by atoms with Crippen LogP contribution in [0.4, 0.5) is 5.69 Å². The maximum Gasteiger partial charge on any atom is 0 e. The van der Waals surface area contributed by atoms with Crippen LogP contribution in [0.1, 0.15) is 0 Å². The fraction of sp³-hybridized carbons (Fsp3) is 0. The van der Waals surface area contributed by atoms with Gasteiger partial charge < -0.3 is 21.6 Å². The molecule has 0 saturated heterocycles. The molecule has 5 heteroatoms. The molecule has 0 aliphatic carbocycles. The molecular weight excluding hydrogens is 452 g/mol. The summed E-state index contributed by atoms with van der Waals surface area (Å²) >= 11 is 0. The molecule has 0 aromatic carbocycles. The molecule has 0 unspecified atom stereocenters. The Labute approximate surface area is 74.3 Å². The summed E-state index contributed by atoms with van der Waals surface area (Å²) in [6.45, 7) is 0. The van der Waals surface area contributed by atoms with Crippen LogP contribution in [0, 0.1) is 12.5 Å². The summed E-state index contributed by atoms with van der Waals surface area (Å²) < 4.78 is 4.16. The second-order valence-electron chi connectivity index (χ2n) is 0.810. The Kier molecular flexibility index (Phi) is 7.64. The van der Waals surface area contributed by atoms with Crippen LogP contribution < -0.4 is 5.73 Å². The molecule has 2 radical (unpaired) electrons. The summed E-state index contributed by atoms with van der Waals surface area (Å²) in [5.74, 6) is 0. The Morgan fingerprint density at radius 3 is 2.25 bits per heavy atom. The maximum absolute atomic E-state index is 5.01. The molecule has 0 saturated carbocycles. The van der Waals surface area contributed by atoms with Gasteiger partial charge in [-0.2, -0.15) is 0 Å². The number of hydrogen-bond acceptors (Lipinski definition) is 3. The zero-order valence-electron chi connectivity index (χ0n) is 3.69. The second kappa shape index (κ2) is 5.47. The Balaban J connectivity index is 0. The van der Waals surface area contributed by atoms with Gasteiger partial charge in [-0.3, -0.25) is 12.0 Å². The minimum absolute atomic E-state index is 0. The van der Waals surface area contributed by atoms with Gasteiger partial charge in [-0.05, 0) is 0 Å². The molecule has 1 aromatic rings. The van der Waals surface area contributed by atoms with Crippen molar-refractivity contribution in [3.63, 3.8) is 0 Å². The quantitative estimate of drug-likeness (QED) is 0.555. The predicted molar refractivity (Wildman–Crippen MR) is 18.6 cm³/mol. The molecular formula is C3H2N2ORe2-2. The van der Waals surface area contributed by atoms with E-state index < -0.39 is 0 Å². The zero-order valence-corrected chi connectivity index (χ0v) is 9.12. The minimum Gasteiger partial charge on any atom is -0.597 e. The van der Waals surface area contributed by atoms with Crippen LogP contribution in [-0.2, 0) is 40.8 Å². The van der Waals surface area contributed by atoms with Crippen molar-refractivity contribution in [1.82, 2.24) is 5.16 Å². The Morgan fingerprint density at radius 1 is 1.50 bits per heavy atom. The van der Waals surface area contributed by atoms with Gasteiger partial charge >= 0.3 is 0 Å². The summed E-state index contributed by atoms with van der Waals surface area (Å²) in [5, 5.41) is 3.14. The van der Waals surface area contributed by atoms with Crippen LogP contribution in [-0.4, -0.2) is 5.16 Å². The molecule has 0 bridgehead atoms. The fourth-order valence-electron chi connectivity index (χ4n) is 0.167. The van der Waals surface area contributed by atoms with E-state index in [0.717, 1.165) is 0 Å². The van der Waals surface area contributed by atoms with Gasteiger partial charge in [0.05, 0.1) is 0 Å². The van der Waals surface area contributed by atoms with Crippen molar-refractivity contribution in [1.29, 1.82) is 0 Å². The van der Waals surface area contributed by atoms with Crippen LogP contribution in [0.3, 0.4) is 0 Å². The minimum atomic E-state index is 0. The van der Waals surface area contributed by atoms with Gasteiger partial charge in [0.1, 0.15) is 0 Å². The molecule has 0 aliphatic heterocycles. The summed E-state index contributed by atoms with van der Waals surface area (Å²) in [7, 11) is 0. The topological polar surface area (TPSA) is 52.0 Å². The molecule has 0 amide bonds. The Bertz CT molecular complexity index is 119. The standard InChI is InChI=1S/C3H2N2O.2Re/c4-3-1-5-6-2-3;;/h4H2;;/q-2;;. The molecule has 1 aromatic heterocycles. The van der Waals surface area contributed by atoms with Crippen LogP contribution in [0.5, 0.6) is 0 Å². The molecule has 0 atom stereocenters. The van der Waals surface area contributed by atoms with E-state index in [1.165, 1.54) is 0 Å². The number of nitrogens with zero attached hydrogens (tertiary/aromatic N) is 1. The smallest absolute Gasteiger partial charge is 0 e. The van der Waals surface area contributed by atoms with Crippen LogP contribution >= 0.6 is 0 Å². The van der Waals surface area contributed by atoms with Gasteiger partial charge in [-0.15, -0.1) is 0 Å². The number of hydrogen-bond donors (Lipinski definition) is 1. The Morgan fingerprint density at radius 2 is 2.12 bits per heavy atom. The van der Waals surface area contributed by atoms with E-state index in [0.29, 0.717) is 5.69 Å². The third-order valence-corrected chi connectivity index (χ3v) is 0.367. The summed E-state index contributed by atoms with van der Waals surface area (Å²) in [4.78, 5) is 0. The van der Waals surface area contributed by atoms with Crippen LogP contribution in [0.25, 0.3) is 0 Å². The van der Waals surface area contributed by atoms with E-state index >= 15 is 0 Å². The number of nitrogens with two attached hydrogens (primary N) is 1. The van der Waals surface area contributed by atoms with Crippen molar-refractivity contribution >= 4 is 5.69 Å². The van der Waals surface area contributed by atoms with Crippen molar-refractivity contribution in [3.8, 4) is 0 Å². The molecule has 1 heterocycles.